The molecule has 4 atom stereocenters. The van der Waals surface area contributed by atoms with Gasteiger partial charge in [-0.05, 0) is 27.7 Å². The van der Waals surface area contributed by atoms with Crippen LogP contribution >= 0.6 is 0 Å². The maximum Gasteiger partial charge on any atom is 0.186 e. The summed E-state index contributed by atoms with van der Waals surface area (Å²) >= 11 is 0. The lowest BCUT2D eigenvalue weighted by atomic mass is 10.1. The lowest BCUT2D eigenvalue weighted by molar-refractivity contribution is -0.288. The number of ether oxygens (including phenoxy) is 3. The van der Waals surface area contributed by atoms with Gasteiger partial charge in [0.25, 0.3) is 0 Å². The van der Waals surface area contributed by atoms with Crippen LogP contribution in [0.1, 0.15) is 27.7 Å². The van der Waals surface area contributed by atoms with Gasteiger partial charge in [-0.25, -0.2) is 0 Å². The molecule has 0 radical (unpaired) electrons. The standard InChI is InChI=1S/C11H22O5/c1-6(2)15-8-5-14-11(16-7(3)4)10(13)9(8)12/h6-13H,5H2,1-4H3/t8-,9+,10?,11+/m1/s1. The van der Waals surface area contributed by atoms with Gasteiger partial charge in [0.2, 0.25) is 0 Å². The molecular weight excluding hydrogens is 212 g/mol. The number of aliphatic hydroxyl groups excluding tert-OH is 2. The first-order valence-corrected chi connectivity index (χ1v) is 5.70. The molecule has 0 saturated carbocycles. The molecule has 1 heterocycles. The van der Waals surface area contributed by atoms with E-state index in [1.54, 1.807) is 0 Å². The minimum atomic E-state index is -1.07. The van der Waals surface area contributed by atoms with Crippen molar-refractivity contribution in [3.05, 3.63) is 0 Å². The molecule has 1 saturated heterocycles. The van der Waals surface area contributed by atoms with Gasteiger partial charge < -0.3 is 24.4 Å². The number of aliphatic hydroxyl groups is 2. The van der Waals surface area contributed by atoms with Crippen LogP contribution in [0.2, 0.25) is 0 Å². The van der Waals surface area contributed by atoms with Gasteiger partial charge in [0.05, 0.1) is 18.8 Å². The molecule has 0 aromatic rings. The summed E-state index contributed by atoms with van der Waals surface area (Å²) in [6.45, 7) is 7.66. The maximum absolute atomic E-state index is 9.83. The fourth-order valence-electron chi connectivity index (χ4n) is 1.63. The SMILES string of the molecule is CC(C)O[C@@H]1OC[C@@H](OC(C)C)[C@H](O)C1O. The Hall–Kier alpha value is -0.200. The summed E-state index contributed by atoms with van der Waals surface area (Å²) in [5.41, 5.74) is 0. The Balaban J connectivity index is 2.50. The van der Waals surface area contributed by atoms with Gasteiger partial charge in [-0.1, -0.05) is 0 Å². The van der Waals surface area contributed by atoms with E-state index >= 15 is 0 Å². The molecule has 0 amide bonds. The number of rotatable bonds is 4. The lowest BCUT2D eigenvalue weighted by Gasteiger charge is -2.38. The first kappa shape index (κ1) is 13.9. The van der Waals surface area contributed by atoms with E-state index in [-0.39, 0.29) is 18.8 Å². The fraction of sp³-hybridized carbons (Fsp3) is 1.00. The summed E-state index contributed by atoms with van der Waals surface area (Å²) in [6.07, 6.45) is -3.39. The molecule has 1 fully saturated rings. The average molecular weight is 234 g/mol. The smallest absolute Gasteiger partial charge is 0.186 e. The Morgan fingerprint density at radius 2 is 1.56 bits per heavy atom. The largest absolute Gasteiger partial charge is 0.387 e. The molecule has 0 aliphatic carbocycles. The first-order chi connectivity index (χ1) is 7.41. The van der Waals surface area contributed by atoms with Crippen molar-refractivity contribution >= 4 is 0 Å². The Morgan fingerprint density at radius 1 is 1.00 bits per heavy atom. The van der Waals surface area contributed by atoms with Crippen molar-refractivity contribution in [2.24, 2.45) is 0 Å². The van der Waals surface area contributed by atoms with E-state index < -0.39 is 24.6 Å². The highest BCUT2D eigenvalue weighted by Gasteiger charge is 2.40. The lowest BCUT2D eigenvalue weighted by Crippen LogP contribution is -2.55. The molecule has 1 rings (SSSR count). The van der Waals surface area contributed by atoms with Crippen LogP contribution in [-0.2, 0) is 14.2 Å². The van der Waals surface area contributed by atoms with Gasteiger partial charge in [-0.2, -0.15) is 0 Å². The molecule has 5 nitrogen and oxygen atoms in total. The minimum absolute atomic E-state index is 0.0157. The fourth-order valence-corrected chi connectivity index (χ4v) is 1.63. The Kier molecular flexibility index (Phi) is 5.14. The van der Waals surface area contributed by atoms with E-state index in [4.69, 9.17) is 14.2 Å². The average Bonchev–Trinajstić information content (AvgIpc) is 2.16. The van der Waals surface area contributed by atoms with E-state index in [1.807, 2.05) is 27.7 Å². The molecular formula is C11H22O5. The van der Waals surface area contributed by atoms with Crippen molar-refractivity contribution in [2.75, 3.05) is 6.61 Å². The third kappa shape index (κ3) is 3.68. The van der Waals surface area contributed by atoms with Gasteiger partial charge in [-0.15, -0.1) is 0 Å². The zero-order valence-corrected chi connectivity index (χ0v) is 10.3. The summed E-state index contributed by atoms with van der Waals surface area (Å²) in [5, 5.41) is 19.6. The van der Waals surface area contributed by atoms with Crippen molar-refractivity contribution in [3.63, 3.8) is 0 Å². The normalized spacial score (nSPS) is 36.0. The first-order valence-electron chi connectivity index (χ1n) is 5.70. The van der Waals surface area contributed by atoms with Crippen LogP contribution in [0.5, 0.6) is 0 Å². The van der Waals surface area contributed by atoms with Crippen LogP contribution < -0.4 is 0 Å². The monoisotopic (exact) mass is 234 g/mol. The number of hydrogen-bond donors (Lipinski definition) is 2. The molecule has 0 aromatic carbocycles. The van der Waals surface area contributed by atoms with Gasteiger partial charge in [0.1, 0.15) is 18.3 Å². The highest BCUT2D eigenvalue weighted by molar-refractivity contribution is 4.84. The summed E-state index contributed by atoms with van der Waals surface area (Å²) in [4.78, 5) is 0. The van der Waals surface area contributed by atoms with Crippen molar-refractivity contribution in [1.29, 1.82) is 0 Å². The van der Waals surface area contributed by atoms with Crippen molar-refractivity contribution in [3.8, 4) is 0 Å². The van der Waals surface area contributed by atoms with Crippen molar-refractivity contribution in [2.45, 2.75) is 64.5 Å². The quantitative estimate of drug-likeness (QED) is 0.731. The second-order valence-corrected chi connectivity index (χ2v) is 4.59. The van der Waals surface area contributed by atoms with E-state index in [9.17, 15) is 10.2 Å². The molecule has 0 bridgehead atoms. The van der Waals surface area contributed by atoms with E-state index in [1.165, 1.54) is 0 Å². The molecule has 0 spiro atoms. The van der Waals surface area contributed by atoms with E-state index in [0.29, 0.717) is 0 Å². The Bertz CT molecular complexity index is 185. The van der Waals surface area contributed by atoms with E-state index in [0.717, 1.165) is 0 Å². The predicted octanol–water partition coefficient (Wildman–Crippen LogP) is 0.283. The number of hydrogen-bond acceptors (Lipinski definition) is 5. The second kappa shape index (κ2) is 5.93. The summed E-state index contributed by atoms with van der Waals surface area (Å²) in [6, 6.07) is 0. The van der Waals surface area contributed by atoms with Crippen LogP contribution in [0.25, 0.3) is 0 Å². The van der Waals surface area contributed by atoms with Crippen molar-refractivity contribution < 1.29 is 24.4 Å². The highest BCUT2D eigenvalue weighted by Crippen LogP contribution is 2.20. The van der Waals surface area contributed by atoms with Crippen LogP contribution in [0, 0.1) is 0 Å². The van der Waals surface area contributed by atoms with Crippen molar-refractivity contribution in [1.82, 2.24) is 0 Å². The summed E-state index contributed by atoms with van der Waals surface area (Å²) in [5.74, 6) is 0. The van der Waals surface area contributed by atoms with Crippen LogP contribution in [0.4, 0.5) is 0 Å². The van der Waals surface area contributed by atoms with Gasteiger partial charge >= 0.3 is 0 Å². The predicted molar refractivity (Wildman–Crippen MR) is 58.0 cm³/mol. The van der Waals surface area contributed by atoms with E-state index in [2.05, 4.69) is 0 Å². The van der Waals surface area contributed by atoms with Gasteiger partial charge in [-0.3, -0.25) is 0 Å². The topological polar surface area (TPSA) is 68.2 Å². The molecule has 1 aliphatic rings. The summed E-state index contributed by atoms with van der Waals surface area (Å²) in [7, 11) is 0. The molecule has 0 aromatic heterocycles. The third-order valence-corrected chi connectivity index (χ3v) is 2.29. The molecule has 2 N–H and O–H groups in total. The Labute approximate surface area is 96.3 Å². The molecule has 16 heavy (non-hydrogen) atoms. The van der Waals surface area contributed by atoms with Gasteiger partial charge in [0.15, 0.2) is 6.29 Å². The third-order valence-electron chi connectivity index (χ3n) is 2.29. The molecule has 1 aliphatic heterocycles. The van der Waals surface area contributed by atoms with Crippen LogP contribution in [-0.4, -0.2) is 53.6 Å². The van der Waals surface area contributed by atoms with Crippen LogP contribution in [0.3, 0.4) is 0 Å². The molecule has 96 valence electrons. The zero-order valence-electron chi connectivity index (χ0n) is 10.3. The van der Waals surface area contributed by atoms with Gasteiger partial charge in [0, 0.05) is 0 Å². The highest BCUT2D eigenvalue weighted by atomic mass is 16.7. The zero-order chi connectivity index (χ0) is 12.3. The summed E-state index contributed by atoms with van der Waals surface area (Å²) < 4.78 is 16.1. The maximum atomic E-state index is 9.83. The minimum Gasteiger partial charge on any atom is -0.387 e. The Morgan fingerprint density at radius 3 is 2.06 bits per heavy atom. The second-order valence-electron chi connectivity index (χ2n) is 4.59. The van der Waals surface area contributed by atoms with Crippen LogP contribution in [0.15, 0.2) is 0 Å². The molecule has 1 unspecified atom stereocenters. The molecule has 5 heteroatoms.